The number of likely N-dealkylation sites (N-methyl/N-ethyl adjacent to an activating group) is 1. The van der Waals surface area contributed by atoms with Gasteiger partial charge in [0.1, 0.15) is 0 Å². The van der Waals surface area contributed by atoms with E-state index in [1.165, 1.54) is 0 Å². The minimum absolute atomic E-state index is 0.0488. The molecule has 0 spiro atoms. The van der Waals surface area contributed by atoms with E-state index >= 15 is 0 Å². The van der Waals surface area contributed by atoms with Crippen LogP contribution in [0.15, 0.2) is 24.3 Å². The molecule has 3 N–H and O–H groups in total. The summed E-state index contributed by atoms with van der Waals surface area (Å²) in [5, 5.41) is 3.73. The summed E-state index contributed by atoms with van der Waals surface area (Å²) < 4.78 is 0. The molecule has 1 aliphatic carbocycles. The summed E-state index contributed by atoms with van der Waals surface area (Å²) in [5.74, 6) is 0.0981. The van der Waals surface area contributed by atoms with Crippen LogP contribution in [0.2, 0.25) is 5.02 Å². The van der Waals surface area contributed by atoms with Crippen molar-refractivity contribution in [3.63, 3.8) is 0 Å². The van der Waals surface area contributed by atoms with Crippen molar-refractivity contribution >= 4 is 17.5 Å². The molecule has 4 nitrogen and oxygen atoms in total. The largest absolute Gasteiger partial charge is 0.353 e. The summed E-state index contributed by atoms with van der Waals surface area (Å²) in [6.07, 6.45) is 2.67. The lowest BCUT2D eigenvalue weighted by molar-refractivity contribution is -0.122. The van der Waals surface area contributed by atoms with E-state index in [9.17, 15) is 4.79 Å². The van der Waals surface area contributed by atoms with Crippen LogP contribution in [-0.4, -0.2) is 36.5 Å². The monoisotopic (exact) mass is 295 g/mol. The number of hydrogen-bond donors (Lipinski definition) is 2. The maximum Gasteiger partial charge on any atom is 0.221 e. The maximum atomic E-state index is 11.9. The van der Waals surface area contributed by atoms with Gasteiger partial charge in [-0.25, -0.2) is 0 Å². The fraction of sp³-hybridized carbons (Fsp3) is 0.533. The van der Waals surface area contributed by atoms with E-state index in [2.05, 4.69) is 10.2 Å². The quantitative estimate of drug-likeness (QED) is 0.806. The van der Waals surface area contributed by atoms with Crippen LogP contribution < -0.4 is 11.1 Å². The van der Waals surface area contributed by atoms with Gasteiger partial charge in [-0.3, -0.25) is 9.69 Å². The van der Waals surface area contributed by atoms with Gasteiger partial charge in [0.25, 0.3) is 0 Å². The summed E-state index contributed by atoms with van der Waals surface area (Å²) in [5.41, 5.74) is 6.93. The van der Waals surface area contributed by atoms with E-state index in [0.717, 1.165) is 30.0 Å². The molecule has 1 aliphatic rings. The Kier molecular flexibility index (Phi) is 5.40. The number of hydrogen-bond acceptors (Lipinski definition) is 3. The number of nitrogens with one attached hydrogen (secondary N) is 1. The summed E-state index contributed by atoms with van der Waals surface area (Å²) in [6, 6.07) is 8.21. The molecule has 0 saturated heterocycles. The average molecular weight is 296 g/mol. The van der Waals surface area contributed by atoms with Crippen LogP contribution >= 0.6 is 11.6 Å². The summed E-state index contributed by atoms with van der Waals surface area (Å²) in [7, 11) is 1.99. The van der Waals surface area contributed by atoms with Crippen molar-refractivity contribution in [3.05, 3.63) is 34.9 Å². The van der Waals surface area contributed by atoms with Crippen LogP contribution in [-0.2, 0) is 11.3 Å². The molecule has 0 radical (unpaired) electrons. The Labute approximate surface area is 125 Å². The molecule has 0 bridgehead atoms. The molecule has 2 rings (SSSR count). The molecular formula is C15H22ClN3O. The predicted molar refractivity (Wildman–Crippen MR) is 81.5 cm³/mol. The fourth-order valence-corrected chi connectivity index (χ4v) is 2.41. The summed E-state index contributed by atoms with van der Waals surface area (Å²) >= 11 is 5.98. The third-order valence-electron chi connectivity index (χ3n) is 3.58. The van der Waals surface area contributed by atoms with Gasteiger partial charge in [0.05, 0.1) is 0 Å². The van der Waals surface area contributed by atoms with Crippen molar-refractivity contribution < 1.29 is 4.79 Å². The number of rotatable bonds is 7. The van der Waals surface area contributed by atoms with Gasteiger partial charge in [0.15, 0.2) is 0 Å². The number of benzene rings is 1. The van der Waals surface area contributed by atoms with Gasteiger partial charge in [-0.1, -0.05) is 23.7 Å². The first-order valence-electron chi connectivity index (χ1n) is 7.02. The zero-order valence-electron chi connectivity index (χ0n) is 11.8. The second-order valence-electron chi connectivity index (χ2n) is 5.48. The van der Waals surface area contributed by atoms with Crippen LogP contribution in [0.1, 0.15) is 24.8 Å². The highest BCUT2D eigenvalue weighted by molar-refractivity contribution is 6.30. The summed E-state index contributed by atoms with van der Waals surface area (Å²) in [4.78, 5) is 14.0. The van der Waals surface area contributed by atoms with Crippen molar-refractivity contribution in [2.45, 2.75) is 37.9 Å². The second-order valence-corrected chi connectivity index (χ2v) is 5.92. The predicted octanol–water partition coefficient (Wildman–Crippen LogP) is 1.77. The SMILES string of the molecule is CN(Cc1cccc(Cl)c1)C(CN)CC(=O)NC1CC1. The molecule has 1 aromatic carbocycles. The van der Waals surface area contributed by atoms with Crippen molar-refractivity contribution in [1.82, 2.24) is 10.2 Å². The molecule has 5 heteroatoms. The first kappa shape index (κ1) is 15.3. The van der Waals surface area contributed by atoms with Gasteiger partial charge in [-0.2, -0.15) is 0 Å². The van der Waals surface area contributed by atoms with Crippen LogP contribution in [0.4, 0.5) is 0 Å². The van der Waals surface area contributed by atoms with Crippen LogP contribution in [0.5, 0.6) is 0 Å². The zero-order chi connectivity index (χ0) is 14.5. The van der Waals surface area contributed by atoms with E-state index in [1.807, 2.05) is 31.3 Å². The van der Waals surface area contributed by atoms with Gasteiger partial charge in [0, 0.05) is 36.6 Å². The van der Waals surface area contributed by atoms with Crippen molar-refractivity contribution in [3.8, 4) is 0 Å². The van der Waals surface area contributed by atoms with Crippen LogP contribution in [0.25, 0.3) is 0 Å². The van der Waals surface area contributed by atoms with Crippen molar-refractivity contribution in [1.29, 1.82) is 0 Å². The Morgan fingerprint density at radius 2 is 2.30 bits per heavy atom. The van der Waals surface area contributed by atoms with Crippen LogP contribution in [0.3, 0.4) is 0 Å². The van der Waals surface area contributed by atoms with Crippen molar-refractivity contribution in [2.75, 3.05) is 13.6 Å². The zero-order valence-corrected chi connectivity index (χ0v) is 12.6. The van der Waals surface area contributed by atoms with Gasteiger partial charge < -0.3 is 11.1 Å². The maximum absolute atomic E-state index is 11.9. The second kappa shape index (κ2) is 7.07. The third-order valence-corrected chi connectivity index (χ3v) is 3.82. The molecule has 1 saturated carbocycles. The molecule has 1 fully saturated rings. The minimum atomic E-state index is 0.0488. The molecule has 0 aliphatic heterocycles. The van der Waals surface area contributed by atoms with E-state index in [-0.39, 0.29) is 11.9 Å². The Bertz CT molecular complexity index is 462. The Morgan fingerprint density at radius 1 is 1.55 bits per heavy atom. The lowest BCUT2D eigenvalue weighted by atomic mass is 10.1. The van der Waals surface area contributed by atoms with Gasteiger partial charge in [0.2, 0.25) is 5.91 Å². The number of amides is 1. The first-order valence-corrected chi connectivity index (χ1v) is 7.40. The van der Waals surface area contributed by atoms with Gasteiger partial charge >= 0.3 is 0 Å². The first-order chi connectivity index (χ1) is 9.58. The van der Waals surface area contributed by atoms with E-state index in [0.29, 0.717) is 19.0 Å². The average Bonchev–Trinajstić information content (AvgIpc) is 3.19. The summed E-state index contributed by atoms with van der Waals surface area (Å²) in [6.45, 7) is 1.20. The molecule has 1 atom stereocenters. The van der Waals surface area contributed by atoms with Gasteiger partial charge in [-0.05, 0) is 37.6 Å². The van der Waals surface area contributed by atoms with E-state index < -0.39 is 0 Å². The number of nitrogens with zero attached hydrogens (tertiary/aromatic N) is 1. The number of carbonyl (C=O) groups is 1. The molecule has 1 unspecified atom stereocenters. The molecule has 1 aromatic rings. The molecule has 0 heterocycles. The fourth-order valence-electron chi connectivity index (χ4n) is 2.20. The molecule has 0 aromatic heterocycles. The molecule has 1 amide bonds. The molecular weight excluding hydrogens is 274 g/mol. The number of halogens is 1. The highest BCUT2D eigenvalue weighted by atomic mass is 35.5. The smallest absolute Gasteiger partial charge is 0.221 e. The Morgan fingerprint density at radius 3 is 2.90 bits per heavy atom. The Balaban J connectivity index is 1.87. The topological polar surface area (TPSA) is 58.4 Å². The van der Waals surface area contributed by atoms with E-state index in [1.54, 1.807) is 0 Å². The standard InChI is InChI=1S/C15H22ClN3O/c1-19(10-11-3-2-4-12(16)7-11)14(9-17)8-15(20)18-13-5-6-13/h2-4,7,13-14H,5-6,8-10,17H2,1H3,(H,18,20). The Hall–Kier alpha value is -1.10. The van der Waals surface area contributed by atoms with Gasteiger partial charge in [-0.15, -0.1) is 0 Å². The highest BCUT2D eigenvalue weighted by Gasteiger charge is 2.25. The number of carbonyl (C=O) groups excluding carboxylic acids is 1. The third kappa shape index (κ3) is 4.78. The highest BCUT2D eigenvalue weighted by Crippen LogP contribution is 2.19. The van der Waals surface area contributed by atoms with Crippen LogP contribution in [0, 0.1) is 0 Å². The number of nitrogens with two attached hydrogens (primary N) is 1. The lowest BCUT2D eigenvalue weighted by Gasteiger charge is -2.26. The molecule has 110 valence electrons. The molecule has 20 heavy (non-hydrogen) atoms. The minimum Gasteiger partial charge on any atom is -0.353 e. The van der Waals surface area contributed by atoms with E-state index in [4.69, 9.17) is 17.3 Å². The van der Waals surface area contributed by atoms with Crippen molar-refractivity contribution in [2.24, 2.45) is 5.73 Å². The lowest BCUT2D eigenvalue weighted by Crippen LogP contribution is -2.41. The normalized spacial score (nSPS) is 16.2.